The summed E-state index contributed by atoms with van der Waals surface area (Å²) >= 11 is 0. The first kappa shape index (κ1) is 22.2. The fourth-order valence-electron chi connectivity index (χ4n) is 4.66. The van der Waals surface area contributed by atoms with Gasteiger partial charge in [0, 0.05) is 37.7 Å². The molecular weight excluding hydrogens is 396 g/mol. The largest absolute Gasteiger partial charge is 0.353 e. The average Bonchev–Trinajstić information content (AvgIpc) is 2.81. The molecule has 0 radical (unpaired) electrons. The Kier molecular flexibility index (Phi) is 6.96. The van der Waals surface area contributed by atoms with Crippen molar-refractivity contribution in [1.29, 1.82) is 0 Å². The number of carbonyl (C=O) groups is 1. The van der Waals surface area contributed by atoms with E-state index in [0.717, 1.165) is 55.7 Å². The molecule has 5 heteroatoms. The molecule has 0 spiro atoms. The zero-order valence-electron chi connectivity index (χ0n) is 19.0. The minimum Gasteiger partial charge on any atom is -0.353 e. The van der Waals surface area contributed by atoms with E-state index in [0.29, 0.717) is 0 Å². The van der Waals surface area contributed by atoms with Gasteiger partial charge in [-0.3, -0.25) is 19.7 Å². The zero-order chi connectivity index (χ0) is 22.4. The van der Waals surface area contributed by atoms with E-state index in [9.17, 15) is 4.79 Å². The van der Waals surface area contributed by atoms with Gasteiger partial charge in [0.2, 0.25) is 5.91 Å². The molecule has 1 aromatic carbocycles. The van der Waals surface area contributed by atoms with E-state index in [1.165, 1.54) is 5.56 Å². The first-order valence-corrected chi connectivity index (χ1v) is 11.5. The number of aromatic nitrogens is 2. The molecule has 3 heterocycles. The van der Waals surface area contributed by atoms with Crippen LogP contribution in [0.5, 0.6) is 0 Å². The van der Waals surface area contributed by atoms with Gasteiger partial charge in [-0.15, -0.1) is 0 Å². The highest BCUT2D eigenvalue weighted by molar-refractivity contribution is 5.83. The maximum atomic E-state index is 13.5. The molecule has 166 valence electrons. The van der Waals surface area contributed by atoms with E-state index in [4.69, 9.17) is 0 Å². The third-order valence-electron chi connectivity index (χ3n) is 6.18. The standard InChI is InChI=1S/C27H32N4O/c1-21(2)30-26(32)27(13-5-17-31(20-27)19-25-6-3-4-14-29-25)18-22-7-9-23(10-8-22)24-11-15-28-16-12-24/h3-4,6-12,14-16,21H,5,13,17-20H2,1-2H3,(H,30,32)/t27-/m1/s1. The molecule has 4 rings (SSSR count). The summed E-state index contributed by atoms with van der Waals surface area (Å²) in [7, 11) is 0. The molecule has 2 aromatic heterocycles. The van der Waals surface area contributed by atoms with Gasteiger partial charge in [0.1, 0.15) is 0 Å². The van der Waals surface area contributed by atoms with Gasteiger partial charge in [0.25, 0.3) is 0 Å². The monoisotopic (exact) mass is 428 g/mol. The summed E-state index contributed by atoms with van der Waals surface area (Å²) in [6, 6.07) is 18.8. The van der Waals surface area contributed by atoms with Gasteiger partial charge >= 0.3 is 0 Å². The second-order valence-corrected chi connectivity index (χ2v) is 9.15. The number of nitrogens with zero attached hydrogens (tertiary/aromatic N) is 3. The molecule has 1 aliphatic heterocycles. The Labute approximate surface area is 190 Å². The number of piperidine rings is 1. The van der Waals surface area contributed by atoms with Crippen molar-refractivity contribution >= 4 is 5.91 Å². The lowest BCUT2D eigenvalue weighted by Gasteiger charge is -2.42. The topological polar surface area (TPSA) is 58.1 Å². The van der Waals surface area contributed by atoms with Gasteiger partial charge in [-0.25, -0.2) is 0 Å². The number of benzene rings is 1. The first-order chi connectivity index (χ1) is 15.5. The molecule has 1 fully saturated rings. The van der Waals surface area contributed by atoms with Crippen molar-refractivity contribution < 1.29 is 4.79 Å². The van der Waals surface area contributed by atoms with Crippen molar-refractivity contribution in [2.45, 2.75) is 45.7 Å². The van der Waals surface area contributed by atoms with Gasteiger partial charge in [0.05, 0.1) is 11.1 Å². The van der Waals surface area contributed by atoms with Crippen LogP contribution in [-0.4, -0.2) is 39.9 Å². The maximum absolute atomic E-state index is 13.5. The third-order valence-corrected chi connectivity index (χ3v) is 6.18. The average molecular weight is 429 g/mol. The summed E-state index contributed by atoms with van der Waals surface area (Å²) in [6.07, 6.45) is 8.10. The fraction of sp³-hybridized carbons (Fsp3) is 0.370. The van der Waals surface area contributed by atoms with Crippen molar-refractivity contribution in [3.63, 3.8) is 0 Å². The van der Waals surface area contributed by atoms with Crippen LogP contribution >= 0.6 is 0 Å². The summed E-state index contributed by atoms with van der Waals surface area (Å²) in [5.74, 6) is 0.163. The van der Waals surface area contributed by atoms with Crippen LogP contribution in [0, 0.1) is 5.41 Å². The van der Waals surface area contributed by atoms with Gasteiger partial charge in [-0.05, 0) is 80.6 Å². The van der Waals surface area contributed by atoms with Crippen LogP contribution in [0.3, 0.4) is 0 Å². The van der Waals surface area contributed by atoms with Crippen molar-refractivity contribution in [1.82, 2.24) is 20.2 Å². The second kappa shape index (κ2) is 10.0. The summed E-state index contributed by atoms with van der Waals surface area (Å²) in [6.45, 7) is 6.58. The predicted octanol–water partition coefficient (Wildman–Crippen LogP) is 4.49. The maximum Gasteiger partial charge on any atom is 0.228 e. The minimum absolute atomic E-state index is 0.125. The van der Waals surface area contributed by atoms with E-state index in [-0.39, 0.29) is 11.9 Å². The number of carbonyl (C=O) groups excluding carboxylic acids is 1. The smallest absolute Gasteiger partial charge is 0.228 e. The Bertz CT molecular complexity index is 1000. The molecule has 0 bridgehead atoms. The quantitative estimate of drug-likeness (QED) is 0.602. The van der Waals surface area contributed by atoms with Crippen LogP contribution in [0.1, 0.15) is 37.9 Å². The van der Waals surface area contributed by atoms with Crippen LogP contribution in [0.4, 0.5) is 0 Å². The molecule has 1 saturated heterocycles. The van der Waals surface area contributed by atoms with Crippen LogP contribution in [0.25, 0.3) is 11.1 Å². The van der Waals surface area contributed by atoms with Crippen LogP contribution in [0.2, 0.25) is 0 Å². The molecule has 0 unspecified atom stereocenters. The molecule has 1 atom stereocenters. The molecule has 1 aliphatic rings. The van der Waals surface area contributed by atoms with E-state index in [1.807, 2.05) is 56.7 Å². The Balaban J connectivity index is 1.55. The molecule has 0 aliphatic carbocycles. The van der Waals surface area contributed by atoms with E-state index in [1.54, 1.807) is 0 Å². The molecule has 1 N–H and O–H groups in total. The fourth-order valence-corrected chi connectivity index (χ4v) is 4.66. The lowest BCUT2D eigenvalue weighted by molar-refractivity contribution is -0.135. The molecule has 1 amide bonds. The Morgan fingerprint density at radius 2 is 1.78 bits per heavy atom. The van der Waals surface area contributed by atoms with Crippen molar-refractivity contribution in [3.8, 4) is 11.1 Å². The van der Waals surface area contributed by atoms with Crippen molar-refractivity contribution in [2.75, 3.05) is 13.1 Å². The number of pyridine rings is 2. The van der Waals surface area contributed by atoms with Crippen LogP contribution < -0.4 is 5.32 Å². The highest BCUT2D eigenvalue weighted by Crippen LogP contribution is 2.35. The number of hydrogen-bond donors (Lipinski definition) is 1. The van der Waals surface area contributed by atoms with E-state index < -0.39 is 5.41 Å². The van der Waals surface area contributed by atoms with Gasteiger partial charge in [-0.1, -0.05) is 30.3 Å². The number of amides is 1. The lowest BCUT2D eigenvalue weighted by atomic mass is 9.74. The van der Waals surface area contributed by atoms with Crippen LogP contribution in [0.15, 0.2) is 73.2 Å². The van der Waals surface area contributed by atoms with Crippen LogP contribution in [-0.2, 0) is 17.8 Å². The van der Waals surface area contributed by atoms with E-state index >= 15 is 0 Å². The normalized spacial score (nSPS) is 19.1. The van der Waals surface area contributed by atoms with Gasteiger partial charge < -0.3 is 5.32 Å². The number of hydrogen-bond acceptors (Lipinski definition) is 4. The molecular formula is C27H32N4O. The van der Waals surface area contributed by atoms with Gasteiger partial charge in [0.15, 0.2) is 0 Å². The summed E-state index contributed by atoms with van der Waals surface area (Å²) in [4.78, 5) is 24.4. The highest BCUT2D eigenvalue weighted by Gasteiger charge is 2.42. The lowest BCUT2D eigenvalue weighted by Crippen LogP contribution is -2.54. The summed E-state index contributed by atoms with van der Waals surface area (Å²) in [5.41, 5.74) is 4.13. The number of rotatable bonds is 7. The predicted molar refractivity (Wildman–Crippen MR) is 128 cm³/mol. The van der Waals surface area contributed by atoms with E-state index in [2.05, 4.69) is 50.5 Å². The summed E-state index contributed by atoms with van der Waals surface area (Å²) in [5, 5.41) is 3.21. The Morgan fingerprint density at radius 1 is 1.03 bits per heavy atom. The third kappa shape index (κ3) is 5.40. The molecule has 0 saturated carbocycles. The minimum atomic E-state index is -0.435. The first-order valence-electron chi connectivity index (χ1n) is 11.5. The van der Waals surface area contributed by atoms with Crippen molar-refractivity contribution in [2.24, 2.45) is 5.41 Å². The molecule has 32 heavy (non-hydrogen) atoms. The van der Waals surface area contributed by atoms with Gasteiger partial charge in [-0.2, -0.15) is 0 Å². The molecule has 3 aromatic rings. The molecule has 5 nitrogen and oxygen atoms in total. The Hall–Kier alpha value is -3.05. The Morgan fingerprint density at radius 3 is 2.47 bits per heavy atom. The zero-order valence-corrected chi connectivity index (χ0v) is 19.0. The number of nitrogens with one attached hydrogen (secondary N) is 1. The second-order valence-electron chi connectivity index (χ2n) is 9.15. The number of likely N-dealkylation sites (tertiary alicyclic amines) is 1. The highest BCUT2D eigenvalue weighted by atomic mass is 16.2. The van der Waals surface area contributed by atoms with Crippen molar-refractivity contribution in [3.05, 3.63) is 84.4 Å². The SMILES string of the molecule is CC(C)NC(=O)[C@@]1(Cc2ccc(-c3ccncc3)cc2)CCCN(Cc2ccccn2)C1. The summed E-state index contributed by atoms with van der Waals surface area (Å²) < 4.78 is 0.